The fourth-order valence-electron chi connectivity index (χ4n) is 4.98. The molecule has 2 heterocycles. The molecule has 232 valence electrons. The normalized spacial score (nSPS) is 15.7. The van der Waals surface area contributed by atoms with E-state index >= 15 is 0 Å². The van der Waals surface area contributed by atoms with Crippen LogP contribution in [0.15, 0.2) is 78.4 Å². The number of carbonyl (C=O) groups is 3. The molecule has 1 atom stereocenters. The Labute approximate surface area is 265 Å². The number of thiazole rings is 1. The molecule has 1 amide bonds. The molecule has 1 unspecified atom stereocenters. The summed E-state index contributed by atoms with van der Waals surface area (Å²) in [6, 6.07) is 20.6. The third-order valence-electron chi connectivity index (χ3n) is 7.35. The summed E-state index contributed by atoms with van der Waals surface area (Å²) in [6.07, 6.45) is 0.837. The Bertz CT molecular complexity index is 1740. The van der Waals surface area contributed by atoms with Crippen LogP contribution in [0.2, 0.25) is 0 Å². The fraction of sp³-hybridized carbons (Fsp3) is 0.257. The molecule has 1 aliphatic heterocycles. The van der Waals surface area contributed by atoms with Crippen molar-refractivity contribution < 1.29 is 33.7 Å². The van der Waals surface area contributed by atoms with E-state index in [1.54, 1.807) is 62.4 Å². The highest BCUT2D eigenvalue weighted by molar-refractivity contribution is 7.17. The largest absolute Gasteiger partial charge is 0.507 e. The molecule has 3 aromatic carbocycles. The molecule has 4 aromatic rings. The molecule has 9 nitrogen and oxygen atoms in total. The topological polar surface area (TPSA) is 115 Å². The molecular weight excluding hydrogens is 592 g/mol. The lowest BCUT2D eigenvalue weighted by Gasteiger charge is -2.23. The Morgan fingerprint density at radius 1 is 0.933 bits per heavy atom. The molecule has 0 spiro atoms. The van der Waals surface area contributed by atoms with Crippen molar-refractivity contribution in [1.82, 2.24) is 4.98 Å². The zero-order valence-corrected chi connectivity index (χ0v) is 26.3. The Balaban J connectivity index is 1.53. The summed E-state index contributed by atoms with van der Waals surface area (Å²) in [6.45, 7) is 8.45. The Hall–Kier alpha value is -4.96. The number of anilines is 1. The molecule has 1 saturated heterocycles. The molecule has 0 aliphatic carbocycles. The lowest BCUT2D eigenvalue weighted by Crippen LogP contribution is -2.29. The molecule has 1 aliphatic rings. The summed E-state index contributed by atoms with van der Waals surface area (Å²) in [5, 5.41) is 11.7. The van der Waals surface area contributed by atoms with Crippen molar-refractivity contribution in [1.29, 1.82) is 0 Å². The zero-order chi connectivity index (χ0) is 32.1. The summed E-state index contributed by atoms with van der Waals surface area (Å²) in [5.41, 5.74) is 3.35. The molecule has 1 N–H and O–H groups in total. The van der Waals surface area contributed by atoms with E-state index in [0.29, 0.717) is 41.5 Å². The van der Waals surface area contributed by atoms with E-state index in [1.165, 1.54) is 4.90 Å². The van der Waals surface area contributed by atoms with Gasteiger partial charge in [-0.1, -0.05) is 54.7 Å². The van der Waals surface area contributed by atoms with Crippen molar-refractivity contribution in [3.05, 3.63) is 111 Å². The second-order valence-corrected chi connectivity index (χ2v) is 11.4. The van der Waals surface area contributed by atoms with Gasteiger partial charge in [-0.15, -0.1) is 0 Å². The van der Waals surface area contributed by atoms with E-state index in [0.717, 1.165) is 28.9 Å². The van der Waals surface area contributed by atoms with E-state index in [1.807, 2.05) is 38.1 Å². The smallest absolute Gasteiger partial charge is 0.350 e. The van der Waals surface area contributed by atoms with Gasteiger partial charge in [-0.2, -0.15) is 0 Å². The number of aliphatic hydroxyl groups excluding tert-OH is 1. The molecular formula is C35H34N2O7S. The number of aromatic nitrogens is 1. The minimum Gasteiger partial charge on any atom is -0.507 e. The summed E-state index contributed by atoms with van der Waals surface area (Å²) < 4.78 is 16.8. The minimum atomic E-state index is -1.01. The van der Waals surface area contributed by atoms with Gasteiger partial charge < -0.3 is 19.3 Å². The molecule has 0 saturated carbocycles. The second-order valence-electron chi connectivity index (χ2n) is 10.5. The van der Waals surface area contributed by atoms with Gasteiger partial charge in [0.25, 0.3) is 5.78 Å². The molecule has 1 fully saturated rings. The van der Waals surface area contributed by atoms with E-state index in [4.69, 9.17) is 14.2 Å². The van der Waals surface area contributed by atoms with Crippen LogP contribution in [0, 0.1) is 13.8 Å². The maximum atomic E-state index is 13.6. The first kappa shape index (κ1) is 31.5. The van der Waals surface area contributed by atoms with Crippen LogP contribution >= 0.6 is 11.3 Å². The van der Waals surface area contributed by atoms with Crippen LogP contribution in [0.3, 0.4) is 0 Å². The van der Waals surface area contributed by atoms with E-state index < -0.39 is 23.7 Å². The maximum absolute atomic E-state index is 13.6. The van der Waals surface area contributed by atoms with Crippen LogP contribution in [0.1, 0.15) is 63.9 Å². The van der Waals surface area contributed by atoms with Crippen molar-refractivity contribution in [2.45, 2.75) is 46.8 Å². The number of esters is 1. The molecule has 45 heavy (non-hydrogen) atoms. The Morgan fingerprint density at radius 3 is 2.27 bits per heavy atom. The van der Waals surface area contributed by atoms with Crippen LogP contribution in [-0.4, -0.2) is 41.0 Å². The third kappa shape index (κ3) is 6.61. The number of benzene rings is 3. The number of Topliss-reactive ketones (excluding diaryl/α,β-unsaturated/α-hetero) is 1. The van der Waals surface area contributed by atoms with Gasteiger partial charge in [-0.25, -0.2) is 9.78 Å². The number of ketones is 1. The van der Waals surface area contributed by atoms with Crippen molar-refractivity contribution in [3.8, 4) is 11.5 Å². The third-order valence-corrected chi connectivity index (χ3v) is 8.49. The van der Waals surface area contributed by atoms with Crippen molar-refractivity contribution in [2.75, 3.05) is 18.1 Å². The minimum absolute atomic E-state index is 0.0960. The van der Waals surface area contributed by atoms with Gasteiger partial charge in [-0.05, 0) is 80.3 Å². The Kier molecular flexibility index (Phi) is 9.63. The average Bonchev–Trinajstić information content (AvgIpc) is 3.56. The standard InChI is InChI=1S/C35H34N2O7S/c1-5-19-43-26-15-11-23(12-16-26)29-28(31(39)33(40)37(29)35-36-22(4)32(45-35)34(41)42-6-2)30(38)24-13-17-27(18-14-24)44-20-25-10-8-7-9-21(25)3/h7-18,29,38H,5-6,19-20H2,1-4H3/b30-28+. The van der Waals surface area contributed by atoms with Gasteiger partial charge >= 0.3 is 11.9 Å². The number of aliphatic hydroxyl groups is 1. The highest BCUT2D eigenvalue weighted by atomic mass is 32.1. The van der Waals surface area contributed by atoms with Gasteiger partial charge in [0.05, 0.1) is 30.5 Å². The molecule has 5 rings (SSSR count). The number of ether oxygens (including phenoxy) is 3. The summed E-state index contributed by atoms with van der Waals surface area (Å²) >= 11 is 0.961. The SMILES string of the molecule is CCCOc1ccc(C2/C(=C(\O)c3ccc(OCc4ccccc4C)cc3)C(=O)C(=O)N2c2nc(C)c(C(=O)OCC)s2)cc1. The number of carbonyl (C=O) groups excluding carboxylic acids is 3. The van der Waals surface area contributed by atoms with Crippen molar-refractivity contribution in [3.63, 3.8) is 0 Å². The van der Waals surface area contributed by atoms with Gasteiger partial charge in [0.15, 0.2) is 5.13 Å². The highest BCUT2D eigenvalue weighted by Crippen LogP contribution is 2.44. The predicted molar refractivity (Wildman–Crippen MR) is 172 cm³/mol. The number of amides is 1. The first-order valence-corrected chi connectivity index (χ1v) is 15.5. The van der Waals surface area contributed by atoms with E-state index in [9.17, 15) is 19.5 Å². The first-order valence-electron chi connectivity index (χ1n) is 14.7. The van der Waals surface area contributed by atoms with Gasteiger partial charge in [-0.3, -0.25) is 14.5 Å². The second kappa shape index (κ2) is 13.8. The number of hydrogen-bond donors (Lipinski definition) is 1. The van der Waals surface area contributed by atoms with E-state index in [-0.39, 0.29) is 27.9 Å². The maximum Gasteiger partial charge on any atom is 0.350 e. The van der Waals surface area contributed by atoms with Gasteiger partial charge in [0, 0.05) is 5.56 Å². The monoisotopic (exact) mass is 626 g/mol. The summed E-state index contributed by atoms with van der Waals surface area (Å²) in [5.74, 6) is -1.41. The van der Waals surface area contributed by atoms with Crippen LogP contribution in [0.4, 0.5) is 5.13 Å². The predicted octanol–water partition coefficient (Wildman–Crippen LogP) is 6.93. The highest BCUT2D eigenvalue weighted by Gasteiger charge is 2.48. The van der Waals surface area contributed by atoms with Crippen molar-refractivity contribution in [2.24, 2.45) is 0 Å². The molecule has 1 aromatic heterocycles. The first-order chi connectivity index (χ1) is 21.7. The lowest BCUT2D eigenvalue weighted by atomic mass is 9.95. The van der Waals surface area contributed by atoms with Crippen LogP contribution < -0.4 is 14.4 Å². The van der Waals surface area contributed by atoms with Crippen LogP contribution in [-0.2, 0) is 20.9 Å². The molecule has 10 heteroatoms. The van der Waals surface area contributed by atoms with Crippen LogP contribution in [0.5, 0.6) is 11.5 Å². The molecule has 0 radical (unpaired) electrons. The summed E-state index contributed by atoms with van der Waals surface area (Å²) in [7, 11) is 0. The van der Waals surface area contributed by atoms with E-state index in [2.05, 4.69) is 4.98 Å². The van der Waals surface area contributed by atoms with Gasteiger partial charge in [0.1, 0.15) is 28.7 Å². The number of rotatable bonds is 11. The van der Waals surface area contributed by atoms with Crippen molar-refractivity contribution >= 4 is 39.9 Å². The number of hydrogen-bond acceptors (Lipinski definition) is 9. The number of aryl methyl sites for hydroxylation is 2. The average molecular weight is 627 g/mol. The number of nitrogens with zero attached hydrogens (tertiary/aromatic N) is 2. The molecule has 0 bridgehead atoms. The lowest BCUT2D eigenvalue weighted by molar-refractivity contribution is -0.132. The van der Waals surface area contributed by atoms with Gasteiger partial charge in [0.2, 0.25) is 0 Å². The van der Waals surface area contributed by atoms with Crippen LogP contribution in [0.25, 0.3) is 5.76 Å². The quantitative estimate of drug-likeness (QED) is 0.0825. The zero-order valence-electron chi connectivity index (χ0n) is 25.5. The fourth-order valence-corrected chi connectivity index (χ4v) is 5.97. The summed E-state index contributed by atoms with van der Waals surface area (Å²) in [4.78, 5) is 45.7. The Morgan fingerprint density at radius 2 is 1.60 bits per heavy atom.